The second kappa shape index (κ2) is 7.48. The smallest absolute Gasteiger partial charge is 0.251 e. The van der Waals surface area contributed by atoms with Gasteiger partial charge in [-0.05, 0) is 56.9 Å². The molecule has 1 atom stereocenters. The molecule has 26 heavy (non-hydrogen) atoms. The van der Waals surface area contributed by atoms with Crippen molar-refractivity contribution in [2.45, 2.75) is 57.5 Å². The van der Waals surface area contributed by atoms with E-state index in [-0.39, 0.29) is 11.9 Å². The normalized spacial score (nSPS) is 19.0. The van der Waals surface area contributed by atoms with Gasteiger partial charge in [0, 0.05) is 30.4 Å². The van der Waals surface area contributed by atoms with E-state index in [1.807, 2.05) is 31.2 Å². The Morgan fingerprint density at radius 1 is 1.12 bits per heavy atom. The summed E-state index contributed by atoms with van der Waals surface area (Å²) in [4.78, 5) is 15.0. The summed E-state index contributed by atoms with van der Waals surface area (Å²) in [6.45, 7) is 4.20. The molecule has 2 aliphatic rings. The standard InChI is InChI=1S/C20H27N5O/c1-15(19-23-21-14-25(19)18-6-2-3-7-18)22-20(26)16-8-10-17(11-9-16)24-12-4-5-13-24/h8-11,14-15,18H,2-7,12-13H2,1H3,(H,22,26)/t15-/m1/s1. The minimum absolute atomic E-state index is 0.0635. The molecular formula is C20H27N5O. The summed E-state index contributed by atoms with van der Waals surface area (Å²) in [6, 6.07) is 8.23. The van der Waals surface area contributed by atoms with Gasteiger partial charge < -0.3 is 14.8 Å². The number of nitrogens with one attached hydrogen (secondary N) is 1. The summed E-state index contributed by atoms with van der Waals surface area (Å²) in [5.74, 6) is 0.783. The first-order chi connectivity index (χ1) is 12.7. The van der Waals surface area contributed by atoms with Crippen molar-refractivity contribution in [2.75, 3.05) is 18.0 Å². The van der Waals surface area contributed by atoms with Gasteiger partial charge >= 0.3 is 0 Å². The summed E-state index contributed by atoms with van der Waals surface area (Å²) in [5, 5.41) is 11.4. The van der Waals surface area contributed by atoms with Crippen LogP contribution in [0.2, 0.25) is 0 Å². The molecule has 1 aliphatic heterocycles. The molecule has 1 aromatic carbocycles. The van der Waals surface area contributed by atoms with E-state index < -0.39 is 0 Å². The van der Waals surface area contributed by atoms with Crippen molar-refractivity contribution in [1.29, 1.82) is 0 Å². The number of aromatic nitrogens is 3. The zero-order valence-electron chi connectivity index (χ0n) is 15.4. The van der Waals surface area contributed by atoms with Crippen LogP contribution in [0.15, 0.2) is 30.6 Å². The Balaban J connectivity index is 1.42. The summed E-state index contributed by atoms with van der Waals surface area (Å²) in [7, 11) is 0. The molecule has 2 aromatic rings. The van der Waals surface area contributed by atoms with Crippen molar-refractivity contribution in [2.24, 2.45) is 0 Å². The van der Waals surface area contributed by atoms with Gasteiger partial charge in [-0.3, -0.25) is 4.79 Å². The molecule has 1 saturated carbocycles. The van der Waals surface area contributed by atoms with E-state index in [2.05, 4.69) is 25.0 Å². The Morgan fingerprint density at radius 2 is 1.81 bits per heavy atom. The Hall–Kier alpha value is -2.37. The van der Waals surface area contributed by atoms with E-state index in [1.165, 1.54) is 44.2 Å². The first-order valence-electron chi connectivity index (χ1n) is 9.77. The number of carbonyl (C=O) groups is 1. The van der Waals surface area contributed by atoms with E-state index in [1.54, 1.807) is 6.33 Å². The fourth-order valence-corrected chi connectivity index (χ4v) is 4.17. The third-order valence-corrected chi connectivity index (χ3v) is 5.65. The Labute approximate surface area is 154 Å². The van der Waals surface area contributed by atoms with Crippen molar-refractivity contribution < 1.29 is 4.79 Å². The van der Waals surface area contributed by atoms with Gasteiger partial charge in [0.25, 0.3) is 5.91 Å². The van der Waals surface area contributed by atoms with Crippen LogP contribution in [0.1, 0.15) is 73.7 Å². The van der Waals surface area contributed by atoms with Gasteiger partial charge in [0.2, 0.25) is 0 Å². The van der Waals surface area contributed by atoms with Gasteiger partial charge in [-0.1, -0.05) is 12.8 Å². The molecule has 2 heterocycles. The van der Waals surface area contributed by atoms with Gasteiger partial charge in [-0.15, -0.1) is 10.2 Å². The molecule has 1 aromatic heterocycles. The lowest BCUT2D eigenvalue weighted by molar-refractivity contribution is 0.0937. The first-order valence-corrected chi connectivity index (χ1v) is 9.77. The minimum Gasteiger partial charge on any atom is -0.372 e. The molecular weight excluding hydrogens is 326 g/mol. The fraction of sp³-hybridized carbons (Fsp3) is 0.550. The Kier molecular flexibility index (Phi) is 4.91. The number of amides is 1. The third kappa shape index (κ3) is 3.45. The van der Waals surface area contributed by atoms with Gasteiger partial charge in [0.1, 0.15) is 6.33 Å². The predicted molar refractivity (Wildman–Crippen MR) is 101 cm³/mol. The maximum absolute atomic E-state index is 12.6. The number of hydrogen-bond donors (Lipinski definition) is 1. The van der Waals surface area contributed by atoms with Crippen LogP contribution >= 0.6 is 0 Å². The number of nitrogens with zero attached hydrogens (tertiary/aromatic N) is 4. The summed E-state index contributed by atoms with van der Waals surface area (Å²) in [6.07, 6.45) is 9.16. The zero-order chi connectivity index (χ0) is 17.9. The van der Waals surface area contributed by atoms with Crippen LogP contribution in [0.4, 0.5) is 5.69 Å². The van der Waals surface area contributed by atoms with Gasteiger partial charge in [0.05, 0.1) is 6.04 Å². The van der Waals surface area contributed by atoms with Crippen molar-refractivity contribution >= 4 is 11.6 Å². The number of benzene rings is 1. The maximum Gasteiger partial charge on any atom is 0.251 e. The number of hydrogen-bond acceptors (Lipinski definition) is 4. The average molecular weight is 353 g/mol. The van der Waals surface area contributed by atoms with Crippen LogP contribution in [-0.4, -0.2) is 33.8 Å². The molecule has 4 rings (SSSR count). The molecule has 2 fully saturated rings. The molecule has 0 radical (unpaired) electrons. The number of anilines is 1. The molecule has 1 aliphatic carbocycles. The minimum atomic E-state index is -0.163. The van der Waals surface area contributed by atoms with E-state index >= 15 is 0 Å². The van der Waals surface area contributed by atoms with Crippen molar-refractivity contribution in [3.63, 3.8) is 0 Å². The fourth-order valence-electron chi connectivity index (χ4n) is 4.17. The van der Waals surface area contributed by atoms with Gasteiger partial charge in [0.15, 0.2) is 5.82 Å². The highest BCUT2D eigenvalue weighted by atomic mass is 16.1. The highest BCUT2D eigenvalue weighted by molar-refractivity contribution is 5.94. The highest BCUT2D eigenvalue weighted by Crippen LogP contribution is 2.31. The van der Waals surface area contributed by atoms with Crippen LogP contribution in [-0.2, 0) is 0 Å². The summed E-state index contributed by atoms with van der Waals surface area (Å²) in [5.41, 5.74) is 1.89. The van der Waals surface area contributed by atoms with Crippen LogP contribution < -0.4 is 10.2 Å². The lowest BCUT2D eigenvalue weighted by Crippen LogP contribution is -2.29. The van der Waals surface area contributed by atoms with Crippen LogP contribution in [0, 0.1) is 0 Å². The van der Waals surface area contributed by atoms with Crippen molar-refractivity contribution in [1.82, 2.24) is 20.1 Å². The van der Waals surface area contributed by atoms with E-state index in [0.717, 1.165) is 18.9 Å². The van der Waals surface area contributed by atoms with E-state index in [9.17, 15) is 4.79 Å². The lowest BCUT2D eigenvalue weighted by Gasteiger charge is -2.19. The van der Waals surface area contributed by atoms with Gasteiger partial charge in [-0.2, -0.15) is 0 Å². The zero-order valence-corrected chi connectivity index (χ0v) is 15.4. The van der Waals surface area contributed by atoms with E-state index in [0.29, 0.717) is 11.6 Å². The third-order valence-electron chi connectivity index (χ3n) is 5.65. The van der Waals surface area contributed by atoms with Crippen molar-refractivity contribution in [3.05, 3.63) is 42.0 Å². The molecule has 1 N–H and O–H groups in total. The average Bonchev–Trinajstić information content (AvgIpc) is 3.43. The number of carbonyl (C=O) groups excluding carboxylic acids is 1. The molecule has 0 bridgehead atoms. The maximum atomic E-state index is 12.6. The quantitative estimate of drug-likeness (QED) is 0.894. The van der Waals surface area contributed by atoms with Gasteiger partial charge in [-0.25, -0.2) is 0 Å². The second-order valence-electron chi connectivity index (χ2n) is 7.47. The topological polar surface area (TPSA) is 63.1 Å². The second-order valence-corrected chi connectivity index (χ2v) is 7.47. The summed E-state index contributed by atoms with van der Waals surface area (Å²) < 4.78 is 2.15. The van der Waals surface area contributed by atoms with Crippen LogP contribution in [0.25, 0.3) is 0 Å². The molecule has 1 saturated heterocycles. The Morgan fingerprint density at radius 3 is 2.50 bits per heavy atom. The molecule has 138 valence electrons. The molecule has 6 heteroatoms. The van der Waals surface area contributed by atoms with E-state index in [4.69, 9.17) is 0 Å². The molecule has 0 spiro atoms. The number of rotatable bonds is 5. The first kappa shape index (κ1) is 17.1. The molecule has 0 unspecified atom stereocenters. The lowest BCUT2D eigenvalue weighted by atomic mass is 10.1. The monoisotopic (exact) mass is 353 g/mol. The largest absolute Gasteiger partial charge is 0.372 e. The molecule has 6 nitrogen and oxygen atoms in total. The van der Waals surface area contributed by atoms with Crippen LogP contribution in [0.5, 0.6) is 0 Å². The van der Waals surface area contributed by atoms with Crippen molar-refractivity contribution in [3.8, 4) is 0 Å². The van der Waals surface area contributed by atoms with Crippen LogP contribution in [0.3, 0.4) is 0 Å². The SMILES string of the molecule is C[C@@H](NC(=O)c1ccc(N2CCCC2)cc1)c1nncn1C1CCCC1. The summed E-state index contributed by atoms with van der Waals surface area (Å²) >= 11 is 0. The Bertz CT molecular complexity index is 742. The highest BCUT2D eigenvalue weighted by Gasteiger charge is 2.23. The predicted octanol–water partition coefficient (Wildman–Crippen LogP) is 3.48. The molecule has 1 amide bonds.